The summed E-state index contributed by atoms with van der Waals surface area (Å²) in [5, 5.41) is 0. The van der Waals surface area contributed by atoms with Gasteiger partial charge in [-0.15, -0.1) is 0 Å². The van der Waals surface area contributed by atoms with Gasteiger partial charge in [0.05, 0.1) is 22.2 Å². The van der Waals surface area contributed by atoms with Crippen molar-refractivity contribution < 1.29 is 9.53 Å². The average molecular weight is 385 g/mol. The molecule has 1 aromatic carbocycles. The Morgan fingerprint density at radius 1 is 1.19 bits per heavy atom. The third-order valence-electron chi connectivity index (χ3n) is 6.94. The molecule has 4 aliphatic rings. The van der Waals surface area contributed by atoms with Crippen molar-refractivity contribution in [1.82, 2.24) is 4.57 Å². The van der Waals surface area contributed by atoms with Crippen LogP contribution in [0.4, 0.5) is 0 Å². The summed E-state index contributed by atoms with van der Waals surface area (Å²) in [7, 11) is 0. The first-order valence-corrected chi connectivity index (χ1v) is 11.2. The lowest BCUT2D eigenvalue weighted by molar-refractivity contribution is -0.142. The van der Waals surface area contributed by atoms with E-state index < -0.39 is 0 Å². The lowest BCUT2D eigenvalue weighted by Crippen LogP contribution is -2.50. The molecule has 1 heterocycles. The van der Waals surface area contributed by atoms with Crippen LogP contribution in [-0.2, 0) is 16.1 Å². The largest absolute Gasteiger partial charge is 0.380 e. The SMILES string of the molecule is CCOCCn1c(=NC(=O)C23CC4CC(CC(C4)C2)C3)sc2ccccc21. The van der Waals surface area contributed by atoms with Crippen molar-refractivity contribution in [2.75, 3.05) is 13.2 Å². The highest BCUT2D eigenvalue weighted by Crippen LogP contribution is 2.60. The number of hydrogen-bond acceptors (Lipinski definition) is 3. The van der Waals surface area contributed by atoms with Crippen LogP contribution in [0.15, 0.2) is 29.3 Å². The van der Waals surface area contributed by atoms with Crippen LogP contribution in [0.1, 0.15) is 45.4 Å². The number of ether oxygens (including phenoxy) is 1. The van der Waals surface area contributed by atoms with E-state index in [4.69, 9.17) is 9.73 Å². The van der Waals surface area contributed by atoms with Crippen LogP contribution in [0.5, 0.6) is 0 Å². The Morgan fingerprint density at radius 3 is 2.52 bits per heavy atom. The number of hydrogen-bond donors (Lipinski definition) is 0. The summed E-state index contributed by atoms with van der Waals surface area (Å²) < 4.78 is 8.93. The molecule has 0 unspecified atom stereocenters. The van der Waals surface area contributed by atoms with Gasteiger partial charge in [0.15, 0.2) is 4.80 Å². The third kappa shape index (κ3) is 3.09. The molecule has 4 bridgehead atoms. The summed E-state index contributed by atoms with van der Waals surface area (Å²) >= 11 is 1.63. The predicted molar refractivity (Wildman–Crippen MR) is 107 cm³/mol. The highest BCUT2D eigenvalue weighted by Gasteiger charge is 2.54. The van der Waals surface area contributed by atoms with E-state index >= 15 is 0 Å². The molecule has 0 saturated heterocycles. The van der Waals surface area contributed by atoms with Gasteiger partial charge in [0.1, 0.15) is 0 Å². The monoisotopic (exact) mass is 384 g/mol. The Morgan fingerprint density at radius 2 is 1.85 bits per heavy atom. The highest BCUT2D eigenvalue weighted by molar-refractivity contribution is 7.16. The number of fused-ring (bicyclic) bond motifs is 1. The summed E-state index contributed by atoms with van der Waals surface area (Å²) in [5.41, 5.74) is 0.988. The number of carbonyl (C=O) groups is 1. The molecule has 4 fully saturated rings. The molecule has 1 amide bonds. The Kier molecular flexibility index (Phi) is 4.47. The lowest BCUT2D eigenvalue weighted by Gasteiger charge is -2.55. The van der Waals surface area contributed by atoms with Crippen molar-refractivity contribution in [1.29, 1.82) is 0 Å². The number of aromatic nitrogens is 1. The molecule has 4 saturated carbocycles. The molecule has 0 N–H and O–H groups in total. The minimum atomic E-state index is -0.164. The molecular formula is C22H28N2O2S. The molecule has 4 nitrogen and oxygen atoms in total. The minimum absolute atomic E-state index is 0.151. The topological polar surface area (TPSA) is 43.6 Å². The quantitative estimate of drug-likeness (QED) is 0.718. The van der Waals surface area contributed by atoms with E-state index in [1.165, 1.54) is 24.0 Å². The molecular weight excluding hydrogens is 356 g/mol. The number of nitrogens with zero attached hydrogens (tertiary/aromatic N) is 2. The summed E-state index contributed by atoms with van der Waals surface area (Å²) in [6.07, 6.45) is 7.28. The van der Waals surface area contributed by atoms with Crippen molar-refractivity contribution in [2.45, 2.75) is 52.0 Å². The summed E-state index contributed by atoms with van der Waals surface area (Å²) in [4.78, 5) is 19.0. The number of rotatable bonds is 5. The number of benzene rings is 1. The molecule has 144 valence electrons. The number of thiazole rings is 1. The zero-order valence-corrected chi connectivity index (χ0v) is 16.8. The van der Waals surface area contributed by atoms with Gasteiger partial charge in [0.25, 0.3) is 5.91 Å². The maximum atomic E-state index is 13.4. The fourth-order valence-electron chi connectivity index (χ4n) is 6.20. The molecule has 0 aliphatic heterocycles. The fourth-order valence-corrected chi connectivity index (χ4v) is 7.25. The van der Waals surface area contributed by atoms with Crippen LogP contribution < -0.4 is 4.80 Å². The summed E-state index contributed by atoms with van der Waals surface area (Å²) in [5.74, 6) is 2.45. The Labute approximate surface area is 164 Å². The maximum absolute atomic E-state index is 13.4. The first-order chi connectivity index (χ1) is 13.2. The van der Waals surface area contributed by atoms with Gasteiger partial charge < -0.3 is 9.30 Å². The Hall–Kier alpha value is -1.46. The van der Waals surface area contributed by atoms with Crippen molar-refractivity contribution in [3.05, 3.63) is 29.1 Å². The van der Waals surface area contributed by atoms with E-state index in [-0.39, 0.29) is 11.3 Å². The van der Waals surface area contributed by atoms with Crippen molar-refractivity contribution in [3.8, 4) is 0 Å². The molecule has 0 radical (unpaired) electrons. The van der Waals surface area contributed by atoms with Crippen LogP contribution in [0, 0.1) is 23.2 Å². The summed E-state index contributed by atoms with van der Waals surface area (Å²) in [6, 6.07) is 8.34. The van der Waals surface area contributed by atoms with Gasteiger partial charge >= 0.3 is 0 Å². The third-order valence-corrected chi connectivity index (χ3v) is 8.00. The van der Waals surface area contributed by atoms with Crippen molar-refractivity contribution >= 4 is 27.5 Å². The van der Waals surface area contributed by atoms with Gasteiger partial charge in [0, 0.05) is 13.2 Å². The molecule has 5 heteroatoms. The average Bonchev–Trinajstić information content (AvgIpc) is 2.98. The zero-order chi connectivity index (χ0) is 18.4. The van der Waals surface area contributed by atoms with Gasteiger partial charge in [-0.05, 0) is 75.3 Å². The molecule has 1 aromatic heterocycles. The highest BCUT2D eigenvalue weighted by atomic mass is 32.1. The summed E-state index contributed by atoms with van der Waals surface area (Å²) in [6.45, 7) is 4.11. The van der Waals surface area contributed by atoms with Gasteiger partial charge in [-0.25, -0.2) is 0 Å². The van der Waals surface area contributed by atoms with Crippen LogP contribution in [-0.4, -0.2) is 23.7 Å². The van der Waals surface area contributed by atoms with E-state index in [1.807, 2.05) is 6.92 Å². The molecule has 0 atom stereocenters. The fraction of sp³-hybridized carbons (Fsp3) is 0.636. The first kappa shape index (κ1) is 17.6. The molecule has 2 aromatic rings. The Bertz CT molecular complexity index is 890. The zero-order valence-electron chi connectivity index (χ0n) is 16.0. The molecule has 0 spiro atoms. The van der Waals surface area contributed by atoms with E-state index in [9.17, 15) is 4.79 Å². The van der Waals surface area contributed by atoms with E-state index in [0.29, 0.717) is 13.2 Å². The smallest absolute Gasteiger partial charge is 0.254 e. The van der Waals surface area contributed by atoms with E-state index in [2.05, 4.69) is 28.8 Å². The van der Waals surface area contributed by atoms with Crippen LogP contribution in [0.3, 0.4) is 0 Å². The van der Waals surface area contributed by atoms with Crippen LogP contribution >= 0.6 is 11.3 Å². The van der Waals surface area contributed by atoms with Crippen LogP contribution in [0.2, 0.25) is 0 Å². The predicted octanol–water partition coefficient (Wildman–Crippen LogP) is 4.38. The van der Waals surface area contributed by atoms with Gasteiger partial charge in [-0.2, -0.15) is 4.99 Å². The van der Waals surface area contributed by atoms with Gasteiger partial charge in [-0.3, -0.25) is 4.79 Å². The Balaban J connectivity index is 1.52. The molecule has 4 aliphatic carbocycles. The molecule has 27 heavy (non-hydrogen) atoms. The van der Waals surface area contributed by atoms with E-state index in [1.54, 1.807) is 11.3 Å². The van der Waals surface area contributed by atoms with Crippen molar-refractivity contribution in [3.63, 3.8) is 0 Å². The second-order valence-electron chi connectivity index (χ2n) is 8.82. The van der Waals surface area contributed by atoms with Crippen LogP contribution in [0.25, 0.3) is 10.2 Å². The van der Waals surface area contributed by atoms with Crippen molar-refractivity contribution in [2.24, 2.45) is 28.2 Å². The number of amides is 1. The lowest BCUT2D eigenvalue weighted by atomic mass is 9.49. The first-order valence-electron chi connectivity index (χ1n) is 10.4. The van der Waals surface area contributed by atoms with Gasteiger partial charge in [0.2, 0.25) is 0 Å². The number of carbonyl (C=O) groups excluding carboxylic acids is 1. The minimum Gasteiger partial charge on any atom is -0.380 e. The number of para-hydroxylation sites is 1. The second kappa shape index (κ2) is 6.85. The van der Waals surface area contributed by atoms with Gasteiger partial charge in [-0.1, -0.05) is 23.5 Å². The maximum Gasteiger partial charge on any atom is 0.254 e. The normalized spacial score (nSPS) is 32.5. The standard InChI is InChI=1S/C22H28N2O2S/c1-2-26-8-7-24-18-5-3-4-6-19(18)27-21(24)23-20(25)22-12-15-9-16(13-22)11-17(10-15)14-22/h3-6,15-17H,2,7-14H2,1H3. The second-order valence-corrected chi connectivity index (χ2v) is 9.82. The van der Waals surface area contributed by atoms with E-state index in [0.717, 1.165) is 53.9 Å². The molecule has 6 rings (SSSR count).